The predicted molar refractivity (Wildman–Crippen MR) is 172 cm³/mol. The van der Waals surface area contributed by atoms with Crippen LogP contribution in [-0.4, -0.2) is 48.5 Å². The lowest BCUT2D eigenvalue weighted by molar-refractivity contribution is 0.0525. The van der Waals surface area contributed by atoms with E-state index in [0.29, 0.717) is 22.9 Å². The third-order valence-corrected chi connectivity index (χ3v) is 9.49. The largest absolute Gasteiger partial charge is 0.462 e. The van der Waals surface area contributed by atoms with Gasteiger partial charge in [-0.25, -0.2) is 14.2 Å². The van der Waals surface area contributed by atoms with Crippen LogP contribution in [0.15, 0.2) is 89.9 Å². The Morgan fingerprint density at radius 1 is 0.953 bits per heavy atom. The molecule has 8 heteroatoms. The molecule has 0 radical (unpaired) electrons. The highest BCUT2D eigenvalue weighted by atomic mass is 32.1. The van der Waals surface area contributed by atoms with Gasteiger partial charge >= 0.3 is 5.97 Å². The number of hydrogen-bond acceptors (Lipinski definition) is 5. The standard InChI is InChI=1S/C35H37FN4O2S/c1-3-42-34(41)30-28-23-29(24-13-7-4-8-14-24)39(2)31(25-15-9-5-10-16-25)32(28)43-33(30)38-35(40-21-11-6-12-22-40)37-27-19-17-26(36)18-20-27/h4-5,7-10,13-20,29,31H,3,6,11-12,21-23H2,1-2H3,(H,37,38). The summed E-state index contributed by atoms with van der Waals surface area (Å²) >= 11 is 1.57. The van der Waals surface area contributed by atoms with Crippen molar-refractivity contribution in [3.05, 3.63) is 118 Å². The Bertz CT molecular complexity index is 1570. The van der Waals surface area contributed by atoms with Gasteiger partial charge in [-0.2, -0.15) is 0 Å². The highest BCUT2D eigenvalue weighted by Crippen LogP contribution is 2.50. The number of ether oxygens (including phenoxy) is 1. The first-order valence-corrected chi connectivity index (χ1v) is 15.9. The molecule has 2 aliphatic heterocycles. The molecular weight excluding hydrogens is 559 g/mol. The van der Waals surface area contributed by atoms with Gasteiger partial charge in [0.2, 0.25) is 5.96 Å². The number of likely N-dealkylation sites (tertiary alicyclic amines) is 1. The summed E-state index contributed by atoms with van der Waals surface area (Å²) in [6.45, 7) is 3.84. The molecule has 1 fully saturated rings. The van der Waals surface area contributed by atoms with E-state index in [9.17, 15) is 9.18 Å². The molecule has 0 saturated carbocycles. The van der Waals surface area contributed by atoms with Crippen LogP contribution in [0.2, 0.25) is 0 Å². The van der Waals surface area contributed by atoms with Crippen LogP contribution in [0.25, 0.3) is 0 Å². The maximum atomic E-state index is 13.7. The first-order valence-electron chi connectivity index (χ1n) is 15.0. The quantitative estimate of drug-likeness (QED) is 0.139. The van der Waals surface area contributed by atoms with E-state index in [4.69, 9.17) is 9.73 Å². The van der Waals surface area contributed by atoms with Crippen molar-refractivity contribution >= 4 is 34.0 Å². The second-order valence-corrected chi connectivity index (χ2v) is 12.1. The number of piperidine rings is 1. The van der Waals surface area contributed by atoms with Crippen molar-refractivity contribution in [3.63, 3.8) is 0 Å². The van der Waals surface area contributed by atoms with Crippen LogP contribution in [0.5, 0.6) is 0 Å². The zero-order chi connectivity index (χ0) is 29.8. The summed E-state index contributed by atoms with van der Waals surface area (Å²) in [6.07, 6.45) is 3.97. The van der Waals surface area contributed by atoms with Crippen LogP contribution >= 0.6 is 11.3 Å². The maximum absolute atomic E-state index is 13.7. The van der Waals surface area contributed by atoms with E-state index < -0.39 is 0 Å². The molecule has 1 N–H and O–H groups in total. The van der Waals surface area contributed by atoms with Crippen molar-refractivity contribution < 1.29 is 13.9 Å². The van der Waals surface area contributed by atoms with Crippen molar-refractivity contribution in [2.75, 3.05) is 32.1 Å². The minimum atomic E-state index is -0.346. The zero-order valence-electron chi connectivity index (χ0n) is 24.6. The van der Waals surface area contributed by atoms with E-state index in [1.807, 2.05) is 19.1 Å². The molecule has 0 aliphatic carbocycles. The molecule has 6 rings (SSSR count). The monoisotopic (exact) mass is 596 g/mol. The van der Waals surface area contributed by atoms with Crippen molar-refractivity contribution in [2.24, 2.45) is 4.99 Å². The number of halogens is 1. The highest BCUT2D eigenvalue weighted by Gasteiger charge is 2.39. The van der Waals surface area contributed by atoms with Gasteiger partial charge in [-0.05, 0) is 80.6 Å². The molecule has 1 aromatic heterocycles. The molecule has 4 aromatic rings. The van der Waals surface area contributed by atoms with Crippen LogP contribution in [0.4, 0.5) is 15.1 Å². The Labute approximate surface area is 256 Å². The summed E-state index contributed by atoms with van der Waals surface area (Å²) in [5.41, 5.74) is 4.67. The summed E-state index contributed by atoms with van der Waals surface area (Å²) in [5, 5.41) is 4.08. The van der Waals surface area contributed by atoms with E-state index >= 15 is 0 Å². The molecule has 2 unspecified atom stereocenters. The molecule has 1 saturated heterocycles. The van der Waals surface area contributed by atoms with Gasteiger partial charge < -0.3 is 15.0 Å². The first-order chi connectivity index (χ1) is 21.0. The summed E-state index contributed by atoms with van der Waals surface area (Å²) in [7, 11) is 2.17. The minimum absolute atomic E-state index is 0.0548. The molecular formula is C35H37FN4O2S. The molecule has 43 heavy (non-hydrogen) atoms. The van der Waals surface area contributed by atoms with Crippen molar-refractivity contribution in [2.45, 2.75) is 44.7 Å². The summed E-state index contributed by atoms with van der Waals surface area (Å²) in [6, 6.07) is 27.3. The second-order valence-electron chi connectivity index (χ2n) is 11.1. The smallest absolute Gasteiger partial charge is 0.341 e. The molecule has 0 amide bonds. The van der Waals surface area contributed by atoms with Gasteiger partial charge in [0.15, 0.2) is 0 Å². The van der Waals surface area contributed by atoms with Crippen LogP contribution in [0, 0.1) is 5.82 Å². The van der Waals surface area contributed by atoms with Gasteiger partial charge in [0, 0.05) is 29.7 Å². The number of hydrogen-bond donors (Lipinski definition) is 1. The Balaban J connectivity index is 1.52. The topological polar surface area (TPSA) is 57.2 Å². The van der Waals surface area contributed by atoms with Crippen LogP contribution in [-0.2, 0) is 11.2 Å². The van der Waals surface area contributed by atoms with Gasteiger partial charge in [0.25, 0.3) is 0 Å². The number of fused-ring (bicyclic) bond motifs is 1. The Kier molecular flexibility index (Phi) is 8.86. The number of carbonyl (C=O) groups is 1. The molecule has 222 valence electrons. The maximum Gasteiger partial charge on any atom is 0.341 e. The van der Waals surface area contributed by atoms with Crippen LogP contribution in [0.3, 0.4) is 0 Å². The van der Waals surface area contributed by atoms with Gasteiger partial charge in [-0.3, -0.25) is 4.90 Å². The number of guanidine groups is 1. The fourth-order valence-electron chi connectivity index (χ4n) is 6.18. The molecule has 0 spiro atoms. The number of nitrogens with zero attached hydrogens (tertiary/aromatic N) is 3. The Morgan fingerprint density at radius 2 is 1.60 bits per heavy atom. The normalized spacial score (nSPS) is 19.1. The average molecular weight is 597 g/mol. The number of rotatable bonds is 6. The van der Waals surface area contributed by atoms with E-state index in [2.05, 4.69) is 70.7 Å². The van der Waals surface area contributed by atoms with E-state index in [1.54, 1.807) is 23.5 Å². The number of esters is 1. The summed E-state index contributed by atoms with van der Waals surface area (Å²) in [4.78, 5) is 24.7. The van der Waals surface area contributed by atoms with Crippen molar-refractivity contribution in [1.82, 2.24) is 9.80 Å². The Morgan fingerprint density at radius 3 is 2.26 bits per heavy atom. The molecule has 3 heterocycles. The third-order valence-electron chi connectivity index (χ3n) is 8.31. The van der Waals surface area contributed by atoms with E-state index in [1.165, 1.54) is 29.7 Å². The number of carbonyl (C=O) groups excluding carboxylic acids is 1. The average Bonchev–Trinajstić information content (AvgIpc) is 3.40. The fourth-order valence-corrected chi connectivity index (χ4v) is 7.55. The van der Waals surface area contributed by atoms with Gasteiger partial charge in [-0.1, -0.05) is 60.7 Å². The number of anilines is 1. The number of benzene rings is 3. The molecule has 2 aliphatic rings. The van der Waals surface area contributed by atoms with Crippen molar-refractivity contribution in [3.8, 4) is 0 Å². The molecule has 2 atom stereocenters. The predicted octanol–water partition coefficient (Wildman–Crippen LogP) is 7.97. The summed E-state index contributed by atoms with van der Waals surface area (Å²) in [5.74, 6) is 0.0305. The lowest BCUT2D eigenvalue weighted by Gasteiger charge is -2.40. The molecule has 3 aromatic carbocycles. The molecule has 6 nitrogen and oxygen atoms in total. The van der Waals surface area contributed by atoms with Gasteiger partial charge in [0.1, 0.15) is 16.4 Å². The summed E-state index contributed by atoms with van der Waals surface area (Å²) < 4.78 is 19.4. The van der Waals surface area contributed by atoms with E-state index in [-0.39, 0.29) is 30.5 Å². The first kappa shape index (κ1) is 29.1. The number of aliphatic imine (C=N–C) groups is 1. The van der Waals surface area contributed by atoms with Crippen LogP contribution in [0.1, 0.15) is 70.2 Å². The SMILES string of the molecule is CCOC(=O)c1c(/N=C(/Nc2ccc(F)cc2)N2CCCCC2)sc2c1CC(c1ccccc1)N(C)C2c1ccccc1. The van der Waals surface area contributed by atoms with Crippen molar-refractivity contribution in [1.29, 1.82) is 0 Å². The number of likely N-dealkylation sites (N-methyl/N-ethyl adjacent to an activating group) is 1. The lowest BCUT2D eigenvalue weighted by Crippen LogP contribution is -2.39. The fraction of sp³-hybridized carbons (Fsp3) is 0.314. The van der Waals surface area contributed by atoms with Crippen LogP contribution < -0.4 is 5.32 Å². The zero-order valence-corrected chi connectivity index (χ0v) is 25.4. The number of thiophene rings is 1. The molecule has 0 bridgehead atoms. The Hall–Kier alpha value is -4.01. The number of nitrogens with one attached hydrogen (secondary N) is 1. The highest BCUT2D eigenvalue weighted by molar-refractivity contribution is 7.16. The lowest BCUT2D eigenvalue weighted by atomic mass is 9.86. The van der Waals surface area contributed by atoms with Gasteiger partial charge in [0.05, 0.1) is 12.6 Å². The second kappa shape index (κ2) is 13.1. The van der Waals surface area contributed by atoms with Gasteiger partial charge in [-0.15, -0.1) is 11.3 Å². The van der Waals surface area contributed by atoms with E-state index in [0.717, 1.165) is 42.1 Å². The third kappa shape index (κ3) is 6.21. The minimum Gasteiger partial charge on any atom is -0.462 e.